The molecule has 0 amide bonds. The number of hydrogen-bond donors (Lipinski definition) is 0. The first-order chi connectivity index (χ1) is 8.94. The SMILES string of the molecule is CC(C)(C)c1cccc(OC(=O)C(Cl)Cl)c1C(C)(C)C. The van der Waals surface area contributed by atoms with Crippen molar-refractivity contribution in [3.05, 3.63) is 29.3 Å². The van der Waals surface area contributed by atoms with E-state index in [1.54, 1.807) is 6.07 Å². The molecule has 0 spiro atoms. The van der Waals surface area contributed by atoms with E-state index < -0.39 is 10.8 Å². The van der Waals surface area contributed by atoms with Crippen LogP contribution in [0.2, 0.25) is 0 Å². The van der Waals surface area contributed by atoms with Gasteiger partial charge in [0.25, 0.3) is 0 Å². The van der Waals surface area contributed by atoms with Crippen LogP contribution in [0, 0.1) is 0 Å². The number of alkyl halides is 2. The maximum Gasteiger partial charge on any atom is 0.344 e. The molecule has 0 aliphatic heterocycles. The molecule has 0 aliphatic carbocycles. The van der Waals surface area contributed by atoms with Crippen LogP contribution in [0.15, 0.2) is 18.2 Å². The predicted molar refractivity (Wildman–Crippen MR) is 85.0 cm³/mol. The van der Waals surface area contributed by atoms with Crippen LogP contribution in [0.25, 0.3) is 0 Å². The zero-order valence-corrected chi connectivity index (χ0v) is 14.4. The van der Waals surface area contributed by atoms with Crippen molar-refractivity contribution in [2.75, 3.05) is 0 Å². The maximum absolute atomic E-state index is 11.7. The summed E-state index contributed by atoms with van der Waals surface area (Å²) in [6, 6.07) is 5.73. The topological polar surface area (TPSA) is 26.3 Å². The van der Waals surface area contributed by atoms with Crippen molar-refractivity contribution >= 4 is 29.2 Å². The fraction of sp³-hybridized carbons (Fsp3) is 0.562. The summed E-state index contributed by atoms with van der Waals surface area (Å²) in [5.74, 6) is -0.119. The molecular formula is C16H22Cl2O2. The average molecular weight is 317 g/mol. The average Bonchev–Trinajstić information content (AvgIpc) is 2.25. The normalized spacial score (nSPS) is 12.7. The first kappa shape index (κ1) is 17.3. The lowest BCUT2D eigenvalue weighted by molar-refractivity contribution is -0.132. The van der Waals surface area contributed by atoms with Gasteiger partial charge in [0.15, 0.2) is 0 Å². The van der Waals surface area contributed by atoms with Gasteiger partial charge in [-0.15, -0.1) is 0 Å². The molecule has 0 aliphatic rings. The third kappa shape index (κ3) is 4.13. The second kappa shape index (κ2) is 5.95. The van der Waals surface area contributed by atoms with Gasteiger partial charge in [-0.1, -0.05) is 76.9 Å². The molecule has 1 aromatic rings. The summed E-state index contributed by atoms with van der Waals surface area (Å²) in [4.78, 5) is 10.5. The van der Waals surface area contributed by atoms with Gasteiger partial charge in [-0.25, -0.2) is 4.79 Å². The zero-order chi connectivity index (χ0) is 15.7. The number of halogens is 2. The minimum Gasteiger partial charge on any atom is -0.424 e. The Morgan fingerprint density at radius 3 is 2.00 bits per heavy atom. The van der Waals surface area contributed by atoms with Gasteiger partial charge in [0, 0.05) is 5.56 Å². The van der Waals surface area contributed by atoms with Crippen LogP contribution in [0.3, 0.4) is 0 Å². The molecule has 1 aromatic carbocycles. The number of esters is 1. The highest BCUT2D eigenvalue weighted by molar-refractivity contribution is 6.53. The predicted octanol–water partition coefficient (Wildman–Crippen LogP) is 4.99. The van der Waals surface area contributed by atoms with Gasteiger partial charge in [0.2, 0.25) is 4.84 Å². The van der Waals surface area contributed by atoms with Crippen molar-refractivity contribution in [2.45, 2.75) is 57.2 Å². The summed E-state index contributed by atoms with van der Waals surface area (Å²) in [6.45, 7) is 12.7. The Bertz CT molecular complexity index is 494. The lowest BCUT2D eigenvalue weighted by Crippen LogP contribution is -2.25. The Morgan fingerprint density at radius 1 is 1.05 bits per heavy atom. The van der Waals surface area contributed by atoms with E-state index in [4.69, 9.17) is 27.9 Å². The van der Waals surface area contributed by atoms with E-state index in [9.17, 15) is 4.79 Å². The molecule has 0 unspecified atom stereocenters. The van der Waals surface area contributed by atoms with Crippen LogP contribution in [0.4, 0.5) is 0 Å². The van der Waals surface area contributed by atoms with Gasteiger partial charge < -0.3 is 4.74 Å². The summed E-state index contributed by atoms with van der Waals surface area (Å²) in [5, 5.41) is 0. The minimum absolute atomic E-state index is 0.0492. The summed E-state index contributed by atoms with van der Waals surface area (Å²) in [5.41, 5.74) is 1.95. The van der Waals surface area contributed by atoms with Crippen molar-refractivity contribution in [3.8, 4) is 5.75 Å². The van der Waals surface area contributed by atoms with Crippen LogP contribution in [0.5, 0.6) is 5.75 Å². The lowest BCUT2D eigenvalue weighted by atomic mass is 9.75. The highest BCUT2D eigenvalue weighted by Crippen LogP contribution is 2.39. The first-order valence-electron chi connectivity index (χ1n) is 6.58. The minimum atomic E-state index is -1.18. The monoisotopic (exact) mass is 316 g/mol. The molecule has 0 saturated heterocycles. The second-order valence-electron chi connectivity index (χ2n) is 6.90. The molecule has 2 nitrogen and oxygen atoms in total. The van der Waals surface area contributed by atoms with Gasteiger partial charge in [0.05, 0.1) is 0 Å². The summed E-state index contributed by atoms with van der Waals surface area (Å²) < 4.78 is 5.37. The maximum atomic E-state index is 11.7. The molecule has 20 heavy (non-hydrogen) atoms. The highest BCUT2D eigenvalue weighted by atomic mass is 35.5. The zero-order valence-electron chi connectivity index (χ0n) is 12.9. The Balaban J connectivity index is 3.42. The molecular weight excluding hydrogens is 295 g/mol. The van der Waals surface area contributed by atoms with Crippen molar-refractivity contribution in [1.82, 2.24) is 0 Å². The van der Waals surface area contributed by atoms with Gasteiger partial charge in [-0.2, -0.15) is 0 Å². The van der Waals surface area contributed by atoms with Crippen molar-refractivity contribution in [1.29, 1.82) is 0 Å². The molecule has 0 heterocycles. The molecule has 1 rings (SSSR count). The van der Waals surface area contributed by atoms with Crippen molar-refractivity contribution in [3.63, 3.8) is 0 Å². The summed E-state index contributed by atoms with van der Waals surface area (Å²) in [6.07, 6.45) is 0. The molecule has 4 heteroatoms. The highest BCUT2D eigenvalue weighted by Gasteiger charge is 2.29. The number of ether oxygens (including phenoxy) is 1. The largest absolute Gasteiger partial charge is 0.424 e. The van der Waals surface area contributed by atoms with Crippen LogP contribution < -0.4 is 4.74 Å². The van der Waals surface area contributed by atoms with Crippen LogP contribution in [-0.2, 0) is 15.6 Å². The van der Waals surface area contributed by atoms with Crippen molar-refractivity contribution < 1.29 is 9.53 Å². The van der Waals surface area contributed by atoms with E-state index in [2.05, 4.69) is 47.6 Å². The van der Waals surface area contributed by atoms with Crippen LogP contribution in [-0.4, -0.2) is 10.8 Å². The van der Waals surface area contributed by atoms with Crippen molar-refractivity contribution in [2.24, 2.45) is 0 Å². The third-order valence-corrected chi connectivity index (χ3v) is 3.33. The fourth-order valence-corrected chi connectivity index (χ4v) is 2.26. The fourth-order valence-electron chi connectivity index (χ4n) is 2.17. The molecule has 0 bridgehead atoms. The first-order valence-corrected chi connectivity index (χ1v) is 7.45. The molecule has 0 N–H and O–H groups in total. The smallest absolute Gasteiger partial charge is 0.344 e. The van der Waals surface area contributed by atoms with Gasteiger partial charge >= 0.3 is 5.97 Å². The van der Waals surface area contributed by atoms with E-state index >= 15 is 0 Å². The Labute approximate surface area is 131 Å². The lowest BCUT2D eigenvalue weighted by Gasteiger charge is -2.31. The second-order valence-corrected chi connectivity index (χ2v) is 8.00. The molecule has 0 fully saturated rings. The number of benzene rings is 1. The van der Waals surface area contributed by atoms with E-state index in [0.717, 1.165) is 11.1 Å². The molecule has 0 atom stereocenters. The van der Waals surface area contributed by atoms with E-state index in [1.165, 1.54) is 0 Å². The quantitative estimate of drug-likeness (QED) is 0.436. The Hall–Kier alpha value is -0.730. The molecule has 0 aromatic heterocycles. The number of rotatable bonds is 2. The Kier molecular flexibility index (Phi) is 5.15. The standard InChI is InChI=1S/C16H22Cl2O2/c1-15(2,3)10-8-7-9-11(12(10)16(4,5)6)20-14(19)13(17)18/h7-9,13H,1-6H3. The van der Waals surface area contributed by atoms with Crippen LogP contribution >= 0.6 is 23.2 Å². The number of carbonyl (C=O) groups excluding carboxylic acids is 1. The van der Waals surface area contributed by atoms with E-state index in [-0.39, 0.29) is 10.8 Å². The van der Waals surface area contributed by atoms with Gasteiger partial charge in [-0.05, 0) is 22.5 Å². The number of carbonyl (C=O) groups is 1. The molecule has 112 valence electrons. The van der Waals surface area contributed by atoms with Gasteiger partial charge in [-0.3, -0.25) is 0 Å². The number of hydrogen-bond acceptors (Lipinski definition) is 2. The van der Waals surface area contributed by atoms with Crippen LogP contribution in [0.1, 0.15) is 52.7 Å². The molecule has 0 saturated carbocycles. The van der Waals surface area contributed by atoms with E-state index in [1.807, 2.05) is 6.07 Å². The van der Waals surface area contributed by atoms with E-state index in [0.29, 0.717) is 5.75 Å². The summed E-state index contributed by atoms with van der Waals surface area (Å²) in [7, 11) is 0. The molecule has 0 radical (unpaired) electrons. The summed E-state index contributed by atoms with van der Waals surface area (Å²) >= 11 is 11.1. The Morgan fingerprint density at radius 2 is 1.60 bits per heavy atom. The third-order valence-electron chi connectivity index (χ3n) is 2.97. The van der Waals surface area contributed by atoms with Gasteiger partial charge in [0.1, 0.15) is 5.75 Å².